The first-order chi connectivity index (χ1) is 20.6. The summed E-state index contributed by atoms with van der Waals surface area (Å²) in [6, 6.07) is 19.7. The number of nitrogens with two attached hydrogens (primary N) is 1. The molecule has 1 aromatic heterocycles. The predicted octanol–water partition coefficient (Wildman–Crippen LogP) is 7.45. The standard InChI is InChI=1S/C35H45N5O3/c1-24(2)29-15-12-16-30(25(3)4)32(29)38-34(42)40(22-27-13-11-14-28(21-27)33(36)39-43-26(5)41)23-35(18-8-6-9-19-35)31-17-7-10-20-37-31/h7,10-17,20-21,24-25H,6,8-9,18-19,22-23H2,1-5H3,(H2,36,39)(H,38,42). The highest BCUT2D eigenvalue weighted by molar-refractivity contribution is 5.97. The van der Waals surface area contributed by atoms with E-state index in [1.165, 1.54) is 13.3 Å². The number of anilines is 1. The van der Waals surface area contributed by atoms with Crippen molar-refractivity contribution < 1.29 is 14.4 Å². The van der Waals surface area contributed by atoms with Gasteiger partial charge in [-0.1, -0.05) is 94.6 Å². The molecule has 3 aromatic rings. The maximum Gasteiger partial charge on any atom is 0.332 e. The molecule has 43 heavy (non-hydrogen) atoms. The molecule has 0 bridgehead atoms. The Hall–Kier alpha value is -4.20. The number of aromatic nitrogens is 1. The van der Waals surface area contributed by atoms with Gasteiger partial charge in [0.25, 0.3) is 0 Å². The second-order valence-corrected chi connectivity index (χ2v) is 12.2. The summed E-state index contributed by atoms with van der Waals surface area (Å²) >= 11 is 0. The van der Waals surface area contributed by atoms with E-state index in [-0.39, 0.29) is 29.1 Å². The van der Waals surface area contributed by atoms with E-state index in [2.05, 4.69) is 62.4 Å². The zero-order valence-electron chi connectivity index (χ0n) is 26.1. The minimum Gasteiger partial charge on any atom is -0.380 e. The van der Waals surface area contributed by atoms with Crippen LogP contribution in [0.2, 0.25) is 0 Å². The van der Waals surface area contributed by atoms with Crippen LogP contribution in [0.25, 0.3) is 0 Å². The summed E-state index contributed by atoms with van der Waals surface area (Å²) in [4.78, 5) is 37.1. The molecule has 1 fully saturated rings. The first kappa shape index (κ1) is 31.7. The second kappa shape index (κ2) is 14.3. The lowest BCUT2D eigenvalue weighted by molar-refractivity contribution is -0.140. The minimum atomic E-state index is -0.545. The Morgan fingerprint density at radius 1 is 0.977 bits per heavy atom. The lowest BCUT2D eigenvalue weighted by Gasteiger charge is -2.41. The molecule has 0 spiro atoms. The zero-order chi connectivity index (χ0) is 31.0. The number of carbonyl (C=O) groups is 2. The molecule has 4 rings (SSSR count). The molecule has 228 valence electrons. The fourth-order valence-electron chi connectivity index (χ4n) is 6.06. The quantitative estimate of drug-likeness (QED) is 0.111. The van der Waals surface area contributed by atoms with Gasteiger partial charge in [0.2, 0.25) is 0 Å². The Morgan fingerprint density at radius 3 is 2.26 bits per heavy atom. The van der Waals surface area contributed by atoms with Gasteiger partial charge in [-0.2, -0.15) is 0 Å². The number of pyridine rings is 1. The summed E-state index contributed by atoms with van der Waals surface area (Å²) in [5, 5.41) is 7.10. The highest BCUT2D eigenvalue weighted by Gasteiger charge is 2.38. The number of amides is 2. The molecule has 8 heteroatoms. The van der Waals surface area contributed by atoms with Gasteiger partial charge in [0.05, 0.1) is 0 Å². The van der Waals surface area contributed by atoms with Crippen molar-refractivity contribution in [3.05, 3.63) is 94.8 Å². The van der Waals surface area contributed by atoms with Gasteiger partial charge in [0, 0.05) is 48.6 Å². The monoisotopic (exact) mass is 583 g/mol. The summed E-state index contributed by atoms with van der Waals surface area (Å²) in [6.45, 7) is 10.8. The maximum atomic E-state index is 14.4. The normalized spacial score (nSPS) is 14.9. The van der Waals surface area contributed by atoms with E-state index in [0.717, 1.165) is 53.8 Å². The van der Waals surface area contributed by atoms with Gasteiger partial charge in [0.1, 0.15) is 0 Å². The van der Waals surface area contributed by atoms with Crippen LogP contribution in [-0.2, 0) is 21.6 Å². The van der Waals surface area contributed by atoms with Crippen LogP contribution >= 0.6 is 0 Å². The molecule has 0 aliphatic heterocycles. The number of amidine groups is 1. The van der Waals surface area contributed by atoms with E-state index in [1.54, 1.807) is 6.07 Å². The number of hydrogen-bond acceptors (Lipinski definition) is 5. The van der Waals surface area contributed by atoms with Gasteiger partial charge >= 0.3 is 12.0 Å². The van der Waals surface area contributed by atoms with Gasteiger partial charge in [-0.25, -0.2) is 9.59 Å². The molecule has 1 aliphatic rings. The molecule has 1 heterocycles. The van der Waals surface area contributed by atoms with E-state index in [9.17, 15) is 9.59 Å². The van der Waals surface area contributed by atoms with Gasteiger partial charge in [-0.3, -0.25) is 4.98 Å². The number of urea groups is 1. The number of carbonyl (C=O) groups excluding carboxylic acids is 2. The largest absolute Gasteiger partial charge is 0.380 e. The number of para-hydroxylation sites is 1. The Morgan fingerprint density at radius 2 is 1.65 bits per heavy atom. The first-order valence-corrected chi connectivity index (χ1v) is 15.3. The topological polar surface area (TPSA) is 110 Å². The SMILES string of the molecule is CC(=O)ON=C(N)c1cccc(CN(CC2(c3ccccn3)CCCCC2)C(=O)Nc2c(C(C)C)cccc2C(C)C)c1. The number of nitrogens with one attached hydrogen (secondary N) is 1. The molecule has 2 amide bonds. The molecule has 1 aliphatic carbocycles. The third-order valence-electron chi connectivity index (χ3n) is 8.27. The van der Waals surface area contributed by atoms with Crippen molar-refractivity contribution in [3.8, 4) is 0 Å². The number of oxime groups is 1. The summed E-state index contributed by atoms with van der Waals surface area (Å²) < 4.78 is 0. The molecule has 0 unspecified atom stereocenters. The zero-order valence-corrected chi connectivity index (χ0v) is 26.1. The van der Waals surface area contributed by atoms with Crippen LogP contribution in [0.1, 0.15) is 107 Å². The average molecular weight is 584 g/mol. The van der Waals surface area contributed by atoms with Gasteiger partial charge < -0.3 is 20.8 Å². The van der Waals surface area contributed by atoms with Crippen LogP contribution in [0.3, 0.4) is 0 Å². The van der Waals surface area contributed by atoms with Crippen molar-refractivity contribution in [2.24, 2.45) is 10.9 Å². The van der Waals surface area contributed by atoms with Crippen molar-refractivity contribution in [2.75, 3.05) is 11.9 Å². The Kier molecular flexibility index (Phi) is 10.6. The van der Waals surface area contributed by atoms with Crippen molar-refractivity contribution in [1.82, 2.24) is 9.88 Å². The molecule has 2 aromatic carbocycles. The molecule has 0 saturated heterocycles. The predicted molar refractivity (Wildman–Crippen MR) is 172 cm³/mol. The highest BCUT2D eigenvalue weighted by atomic mass is 16.7. The number of rotatable bonds is 10. The van der Waals surface area contributed by atoms with Crippen molar-refractivity contribution >= 4 is 23.5 Å². The van der Waals surface area contributed by atoms with Crippen LogP contribution in [0.5, 0.6) is 0 Å². The number of hydrogen-bond donors (Lipinski definition) is 2. The van der Waals surface area contributed by atoms with E-state index in [4.69, 9.17) is 15.6 Å². The first-order valence-electron chi connectivity index (χ1n) is 15.3. The fourth-order valence-corrected chi connectivity index (χ4v) is 6.06. The van der Waals surface area contributed by atoms with Gasteiger partial charge in [0.15, 0.2) is 5.84 Å². The van der Waals surface area contributed by atoms with Crippen LogP contribution in [-0.4, -0.2) is 34.3 Å². The summed E-state index contributed by atoms with van der Waals surface area (Å²) in [7, 11) is 0. The molecule has 8 nitrogen and oxygen atoms in total. The van der Waals surface area contributed by atoms with Crippen LogP contribution < -0.4 is 11.1 Å². The second-order valence-electron chi connectivity index (χ2n) is 12.2. The molecular weight excluding hydrogens is 538 g/mol. The minimum absolute atomic E-state index is 0.0951. The third-order valence-corrected chi connectivity index (χ3v) is 8.27. The molecule has 1 saturated carbocycles. The summed E-state index contributed by atoms with van der Waals surface area (Å²) in [6.07, 6.45) is 7.16. The lowest BCUT2D eigenvalue weighted by atomic mass is 9.71. The van der Waals surface area contributed by atoms with E-state index in [0.29, 0.717) is 18.7 Å². The van der Waals surface area contributed by atoms with Crippen molar-refractivity contribution in [2.45, 2.75) is 90.5 Å². The van der Waals surface area contributed by atoms with Crippen LogP contribution in [0.4, 0.5) is 10.5 Å². The van der Waals surface area contributed by atoms with Gasteiger partial charge in [-0.05, 0) is 59.6 Å². The third kappa shape index (κ3) is 8.00. The molecular formula is C35H45N5O3. The smallest absolute Gasteiger partial charge is 0.332 e. The Labute approximate surface area is 255 Å². The molecule has 3 N–H and O–H groups in total. The van der Waals surface area contributed by atoms with Crippen molar-refractivity contribution in [3.63, 3.8) is 0 Å². The highest BCUT2D eigenvalue weighted by Crippen LogP contribution is 2.40. The Balaban J connectivity index is 1.74. The molecule has 0 atom stereocenters. The Bertz CT molecular complexity index is 1400. The average Bonchev–Trinajstić information content (AvgIpc) is 3.00. The molecule has 0 radical (unpaired) electrons. The fraction of sp³-hybridized carbons (Fsp3) is 0.429. The summed E-state index contributed by atoms with van der Waals surface area (Å²) in [5.74, 6) is 0.0445. The van der Waals surface area contributed by atoms with Crippen LogP contribution in [0.15, 0.2) is 72.0 Å². The van der Waals surface area contributed by atoms with E-state index >= 15 is 0 Å². The number of benzene rings is 2. The van der Waals surface area contributed by atoms with E-state index in [1.807, 2.05) is 41.4 Å². The van der Waals surface area contributed by atoms with Gasteiger partial charge in [-0.15, -0.1) is 0 Å². The lowest BCUT2D eigenvalue weighted by Crippen LogP contribution is -2.46. The van der Waals surface area contributed by atoms with E-state index < -0.39 is 5.97 Å². The maximum absolute atomic E-state index is 14.4. The van der Waals surface area contributed by atoms with Crippen molar-refractivity contribution in [1.29, 1.82) is 0 Å². The van der Waals surface area contributed by atoms with Crippen LogP contribution in [0, 0.1) is 0 Å². The summed E-state index contributed by atoms with van der Waals surface area (Å²) in [5.41, 5.74) is 11.5. The number of nitrogens with zero attached hydrogens (tertiary/aromatic N) is 3.